The molecule has 0 bridgehead atoms. The van der Waals surface area contributed by atoms with Crippen molar-refractivity contribution in [2.45, 2.75) is 91.5 Å². The second kappa shape index (κ2) is 16.6. The van der Waals surface area contributed by atoms with Crippen LogP contribution in [0.2, 0.25) is 0 Å². The maximum absolute atomic E-state index is 12.4. The number of nitrogens with one attached hydrogen (secondary N) is 1. The maximum atomic E-state index is 12.4. The number of amides is 1. The Hall–Kier alpha value is -1.52. The van der Waals surface area contributed by atoms with Crippen LogP contribution in [-0.4, -0.2) is 31.3 Å². The van der Waals surface area contributed by atoms with E-state index in [4.69, 9.17) is 9.47 Å². The summed E-state index contributed by atoms with van der Waals surface area (Å²) >= 11 is 0. The summed E-state index contributed by atoms with van der Waals surface area (Å²) in [5, 5.41) is 2.67. The normalized spacial score (nSPS) is 13.1. The average Bonchev–Trinajstić information content (AvgIpc) is 2.65. The van der Waals surface area contributed by atoms with Crippen LogP contribution < -0.4 is 5.32 Å². The van der Waals surface area contributed by atoms with Gasteiger partial charge in [0.2, 0.25) is 0 Å². The van der Waals surface area contributed by atoms with E-state index in [0.29, 0.717) is 13.2 Å². The van der Waals surface area contributed by atoms with E-state index in [9.17, 15) is 9.59 Å². The summed E-state index contributed by atoms with van der Waals surface area (Å²) in [5.74, 6) is -0.110. The standard InChI is InChI=1S/C22H41NO4/c1-6-8-9-10-11-12-13-14-15-16-26-21(24)20(19(5)7-2)23-22(25)27-17-18(3)4/h6,18-20H,1,7-17H2,2-5H3,(H,23,25)/t19?,20-/m0/s1. The van der Waals surface area contributed by atoms with E-state index in [0.717, 1.165) is 25.7 Å². The van der Waals surface area contributed by atoms with Crippen LogP contribution in [0.1, 0.15) is 85.5 Å². The number of ether oxygens (including phenoxy) is 2. The predicted octanol–water partition coefficient (Wildman–Crippen LogP) is 5.63. The maximum Gasteiger partial charge on any atom is 0.407 e. The molecule has 0 rings (SSSR count). The van der Waals surface area contributed by atoms with Gasteiger partial charge in [-0.05, 0) is 31.1 Å². The molecule has 0 aliphatic rings. The van der Waals surface area contributed by atoms with Crippen LogP contribution in [0.5, 0.6) is 0 Å². The summed E-state index contributed by atoms with van der Waals surface area (Å²) in [7, 11) is 0. The molecule has 0 saturated carbocycles. The number of carbonyl (C=O) groups is 2. The highest BCUT2D eigenvalue weighted by Gasteiger charge is 2.27. The fraction of sp³-hybridized carbons (Fsp3) is 0.818. The number of hydrogen-bond acceptors (Lipinski definition) is 4. The Morgan fingerprint density at radius 3 is 2.11 bits per heavy atom. The van der Waals surface area contributed by atoms with Gasteiger partial charge in [-0.1, -0.05) is 72.3 Å². The topological polar surface area (TPSA) is 64.6 Å². The molecular weight excluding hydrogens is 342 g/mol. The molecule has 5 heteroatoms. The summed E-state index contributed by atoms with van der Waals surface area (Å²) < 4.78 is 10.5. The third-order valence-corrected chi connectivity index (χ3v) is 4.58. The van der Waals surface area contributed by atoms with Crippen LogP contribution in [0.3, 0.4) is 0 Å². The van der Waals surface area contributed by atoms with Gasteiger partial charge in [-0.25, -0.2) is 9.59 Å². The molecule has 0 fully saturated rings. The third-order valence-electron chi connectivity index (χ3n) is 4.58. The highest BCUT2D eigenvalue weighted by atomic mass is 16.6. The van der Waals surface area contributed by atoms with E-state index >= 15 is 0 Å². The molecule has 0 aromatic carbocycles. The van der Waals surface area contributed by atoms with Crippen LogP contribution in [0.4, 0.5) is 4.79 Å². The molecule has 0 aliphatic carbocycles. The molecule has 0 heterocycles. The van der Waals surface area contributed by atoms with Crippen LogP contribution in [0.15, 0.2) is 12.7 Å². The fourth-order valence-electron chi connectivity index (χ4n) is 2.62. The lowest BCUT2D eigenvalue weighted by Gasteiger charge is -2.22. The van der Waals surface area contributed by atoms with Crippen molar-refractivity contribution in [3.05, 3.63) is 12.7 Å². The van der Waals surface area contributed by atoms with Gasteiger partial charge in [0, 0.05) is 0 Å². The van der Waals surface area contributed by atoms with Crippen molar-refractivity contribution in [2.24, 2.45) is 11.8 Å². The van der Waals surface area contributed by atoms with Crippen molar-refractivity contribution < 1.29 is 19.1 Å². The van der Waals surface area contributed by atoms with Crippen molar-refractivity contribution in [3.8, 4) is 0 Å². The molecule has 0 aliphatic heterocycles. The largest absolute Gasteiger partial charge is 0.464 e. The molecular formula is C22H41NO4. The molecule has 2 atom stereocenters. The van der Waals surface area contributed by atoms with Gasteiger partial charge in [-0.2, -0.15) is 0 Å². The number of esters is 1. The highest BCUT2D eigenvalue weighted by molar-refractivity contribution is 5.81. The van der Waals surface area contributed by atoms with Crippen LogP contribution in [0.25, 0.3) is 0 Å². The molecule has 27 heavy (non-hydrogen) atoms. The van der Waals surface area contributed by atoms with Gasteiger partial charge in [0.1, 0.15) is 6.04 Å². The minimum atomic E-state index is -0.653. The molecule has 1 N–H and O–H groups in total. The molecule has 0 saturated heterocycles. The molecule has 158 valence electrons. The zero-order valence-corrected chi connectivity index (χ0v) is 17.9. The zero-order valence-electron chi connectivity index (χ0n) is 17.9. The molecule has 0 aromatic heterocycles. The fourth-order valence-corrected chi connectivity index (χ4v) is 2.62. The number of alkyl carbamates (subject to hydrolysis) is 1. The first kappa shape index (κ1) is 25.5. The number of allylic oxidation sites excluding steroid dienone is 1. The monoisotopic (exact) mass is 383 g/mol. The Balaban J connectivity index is 4.02. The molecule has 1 amide bonds. The minimum absolute atomic E-state index is 0.000310. The lowest BCUT2D eigenvalue weighted by atomic mass is 9.99. The van der Waals surface area contributed by atoms with Gasteiger partial charge in [-0.15, -0.1) is 6.58 Å². The molecule has 0 spiro atoms. The molecule has 5 nitrogen and oxygen atoms in total. The Kier molecular flexibility index (Phi) is 15.7. The SMILES string of the molecule is C=CCCCCCCCCCOC(=O)[C@@H](NC(=O)OCC(C)C)C(C)CC. The van der Waals surface area contributed by atoms with Gasteiger partial charge < -0.3 is 14.8 Å². The van der Waals surface area contributed by atoms with E-state index in [1.54, 1.807) is 0 Å². The summed E-state index contributed by atoms with van der Waals surface area (Å²) in [6.07, 6.45) is 11.4. The number of hydrogen-bond donors (Lipinski definition) is 1. The Bertz CT molecular complexity index is 409. The Morgan fingerprint density at radius 1 is 0.963 bits per heavy atom. The Morgan fingerprint density at radius 2 is 1.56 bits per heavy atom. The molecule has 1 unspecified atom stereocenters. The van der Waals surface area contributed by atoms with Crippen LogP contribution in [-0.2, 0) is 14.3 Å². The van der Waals surface area contributed by atoms with Gasteiger partial charge in [0.15, 0.2) is 0 Å². The van der Waals surface area contributed by atoms with E-state index in [-0.39, 0.29) is 17.8 Å². The van der Waals surface area contributed by atoms with E-state index in [2.05, 4.69) is 11.9 Å². The van der Waals surface area contributed by atoms with Crippen LogP contribution in [0, 0.1) is 11.8 Å². The summed E-state index contributed by atoms with van der Waals surface area (Å²) in [6.45, 7) is 12.3. The summed E-state index contributed by atoms with van der Waals surface area (Å²) in [6, 6.07) is -0.653. The van der Waals surface area contributed by atoms with Gasteiger partial charge in [0.05, 0.1) is 13.2 Å². The van der Waals surface area contributed by atoms with Crippen molar-refractivity contribution in [1.82, 2.24) is 5.32 Å². The first-order valence-electron chi connectivity index (χ1n) is 10.6. The van der Waals surface area contributed by atoms with Crippen molar-refractivity contribution in [3.63, 3.8) is 0 Å². The second-order valence-corrected chi connectivity index (χ2v) is 7.72. The minimum Gasteiger partial charge on any atom is -0.464 e. The van der Waals surface area contributed by atoms with E-state index in [1.807, 2.05) is 33.8 Å². The highest BCUT2D eigenvalue weighted by Crippen LogP contribution is 2.12. The lowest BCUT2D eigenvalue weighted by Crippen LogP contribution is -2.46. The van der Waals surface area contributed by atoms with Crippen molar-refractivity contribution in [2.75, 3.05) is 13.2 Å². The summed E-state index contributed by atoms with van der Waals surface area (Å²) in [5.41, 5.74) is 0. The molecule has 0 aromatic rings. The smallest absolute Gasteiger partial charge is 0.407 e. The van der Waals surface area contributed by atoms with Gasteiger partial charge in [0.25, 0.3) is 0 Å². The second-order valence-electron chi connectivity index (χ2n) is 7.72. The zero-order chi connectivity index (χ0) is 20.5. The predicted molar refractivity (Wildman–Crippen MR) is 111 cm³/mol. The van der Waals surface area contributed by atoms with E-state index in [1.165, 1.54) is 32.1 Å². The number of unbranched alkanes of at least 4 members (excludes halogenated alkanes) is 7. The van der Waals surface area contributed by atoms with Crippen molar-refractivity contribution >= 4 is 12.1 Å². The first-order chi connectivity index (χ1) is 12.9. The first-order valence-corrected chi connectivity index (χ1v) is 10.6. The van der Waals surface area contributed by atoms with Gasteiger partial charge >= 0.3 is 12.1 Å². The quantitative estimate of drug-likeness (QED) is 0.213. The summed E-state index contributed by atoms with van der Waals surface area (Å²) in [4.78, 5) is 24.2. The third kappa shape index (κ3) is 14.2. The van der Waals surface area contributed by atoms with Gasteiger partial charge in [-0.3, -0.25) is 0 Å². The van der Waals surface area contributed by atoms with Crippen LogP contribution >= 0.6 is 0 Å². The lowest BCUT2D eigenvalue weighted by molar-refractivity contribution is -0.147. The van der Waals surface area contributed by atoms with Crippen molar-refractivity contribution in [1.29, 1.82) is 0 Å². The molecule has 0 radical (unpaired) electrons. The van der Waals surface area contributed by atoms with E-state index < -0.39 is 12.1 Å². The average molecular weight is 384 g/mol. The Labute approximate surface area is 166 Å². The number of rotatable bonds is 16. The number of carbonyl (C=O) groups excluding carboxylic acids is 2.